The molecule has 18 heavy (non-hydrogen) atoms. The molecule has 3 N–H and O–H groups in total. The van der Waals surface area contributed by atoms with E-state index in [4.69, 9.17) is 4.74 Å². The minimum atomic E-state index is -0.892. The summed E-state index contributed by atoms with van der Waals surface area (Å²) >= 11 is 0. The maximum atomic E-state index is 11.5. The number of nitrogens with zero attached hydrogens (tertiary/aromatic N) is 2. The smallest absolute Gasteiger partial charge is 0.342 e. The quantitative estimate of drug-likeness (QED) is 0.603. The second-order valence-electron chi connectivity index (χ2n) is 4.52. The Bertz CT molecular complexity index is 517. The van der Waals surface area contributed by atoms with E-state index in [1.54, 1.807) is 7.05 Å². The number of anilines is 1. The largest absolute Gasteiger partial charge is 0.388 e. The number of aromatic nitrogens is 3. The van der Waals surface area contributed by atoms with Gasteiger partial charge in [-0.2, -0.15) is 0 Å². The van der Waals surface area contributed by atoms with Gasteiger partial charge in [0.15, 0.2) is 0 Å². The molecule has 0 bridgehead atoms. The molecular formula is C10H16N4O4. The van der Waals surface area contributed by atoms with E-state index >= 15 is 0 Å². The lowest BCUT2D eigenvalue weighted by Gasteiger charge is -2.35. The van der Waals surface area contributed by atoms with Gasteiger partial charge in [0.25, 0.3) is 5.56 Å². The summed E-state index contributed by atoms with van der Waals surface area (Å²) in [4.78, 5) is 26.0. The summed E-state index contributed by atoms with van der Waals surface area (Å²) in [5.74, 6) is 0.0783. The third-order valence-electron chi connectivity index (χ3n) is 3.01. The lowest BCUT2D eigenvalue weighted by molar-refractivity contribution is -0.0573. The van der Waals surface area contributed by atoms with Crippen molar-refractivity contribution in [2.75, 3.05) is 31.7 Å². The fraction of sp³-hybridized carbons (Fsp3) is 0.700. The van der Waals surface area contributed by atoms with Crippen molar-refractivity contribution in [2.24, 2.45) is 0 Å². The first-order chi connectivity index (χ1) is 8.50. The van der Waals surface area contributed by atoms with Crippen LogP contribution in [0.1, 0.15) is 12.8 Å². The van der Waals surface area contributed by atoms with Crippen molar-refractivity contribution >= 4 is 5.82 Å². The summed E-state index contributed by atoms with van der Waals surface area (Å²) in [6.45, 7) is 1.26. The molecule has 0 aromatic carbocycles. The molecule has 0 amide bonds. The molecule has 2 rings (SSSR count). The lowest BCUT2D eigenvalue weighted by Crippen LogP contribution is -2.47. The minimum Gasteiger partial charge on any atom is -0.388 e. The van der Waals surface area contributed by atoms with Gasteiger partial charge in [-0.3, -0.25) is 9.78 Å². The van der Waals surface area contributed by atoms with Crippen LogP contribution in [0.3, 0.4) is 0 Å². The number of aromatic amines is 2. The molecule has 8 nitrogen and oxygen atoms in total. The highest BCUT2D eigenvalue weighted by Gasteiger charge is 2.32. The Morgan fingerprint density at radius 2 is 2.11 bits per heavy atom. The zero-order valence-corrected chi connectivity index (χ0v) is 10.1. The molecule has 1 fully saturated rings. The van der Waals surface area contributed by atoms with E-state index in [-0.39, 0.29) is 12.4 Å². The molecule has 0 radical (unpaired) electrons. The van der Waals surface area contributed by atoms with E-state index in [0.29, 0.717) is 26.1 Å². The fourth-order valence-electron chi connectivity index (χ4n) is 2.03. The highest BCUT2D eigenvalue weighted by Crippen LogP contribution is 2.21. The number of nitrogens with one attached hydrogen (secondary N) is 2. The van der Waals surface area contributed by atoms with Crippen LogP contribution in [0.4, 0.5) is 5.82 Å². The van der Waals surface area contributed by atoms with Crippen LogP contribution in [0.25, 0.3) is 0 Å². The van der Waals surface area contributed by atoms with E-state index in [9.17, 15) is 14.7 Å². The second-order valence-corrected chi connectivity index (χ2v) is 4.52. The molecule has 8 heteroatoms. The van der Waals surface area contributed by atoms with Gasteiger partial charge >= 0.3 is 5.69 Å². The van der Waals surface area contributed by atoms with Gasteiger partial charge in [0.2, 0.25) is 5.82 Å². The van der Waals surface area contributed by atoms with Crippen molar-refractivity contribution in [3.05, 3.63) is 20.8 Å². The number of ether oxygens (including phenoxy) is 1. The molecule has 1 aromatic rings. The summed E-state index contributed by atoms with van der Waals surface area (Å²) in [5.41, 5.74) is -2.11. The number of aliphatic hydroxyl groups is 1. The van der Waals surface area contributed by atoms with Crippen LogP contribution in [0.5, 0.6) is 0 Å². The Morgan fingerprint density at radius 1 is 1.44 bits per heavy atom. The van der Waals surface area contributed by atoms with E-state index in [1.807, 2.05) is 0 Å². The van der Waals surface area contributed by atoms with E-state index in [2.05, 4.69) is 15.2 Å². The Kier molecular flexibility index (Phi) is 3.48. The maximum Gasteiger partial charge on any atom is 0.342 e. The van der Waals surface area contributed by atoms with Crippen molar-refractivity contribution in [1.82, 2.24) is 15.2 Å². The fourth-order valence-corrected chi connectivity index (χ4v) is 2.03. The first-order valence-electron chi connectivity index (χ1n) is 5.70. The number of hydrogen-bond acceptors (Lipinski definition) is 6. The van der Waals surface area contributed by atoms with Crippen molar-refractivity contribution in [1.29, 1.82) is 0 Å². The predicted molar refractivity (Wildman–Crippen MR) is 63.8 cm³/mol. The standard InChI is InChI=1S/C10H16N4O4/c1-14(6-10(17)2-4-18-5-3-10)7-8(15)11-9(16)13-12-7/h17H,2-6H2,1H3,(H2,11,13,15,16). The average molecular weight is 256 g/mol. The second kappa shape index (κ2) is 4.91. The van der Waals surface area contributed by atoms with Crippen molar-refractivity contribution in [3.63, 3.8) is 0 Å². The van der Waals surface area contributed by atoms with E-state index in [0.717, 1.165) is 0 Å². The predicted octanol–water partition coefficient (Wildman–Crippen LogP) is -1.56. The number of rotatable bonds is 3. The zero-order valence-electron chi connectivity index (χ0n) is 10.1. The van der Waals surface area contributed by atoms with Crippen LogP contribution in [-0.2, 0) is 4.74 Å². The summed E-state index contributed by atoms with van der Waals surface area (Å²) in [7, 11) is 1.64. The van der Waals surface area contributed by atoms with Gasteiger partial charge in [-0.05, 0) is 0 Å². The third-order valence-corrected chi connectivity index (χ3v) is 3.01. The molecule has 0 unspecified atom stereocenters. The van der Waals surface area contributed by atoms with Crippen molar-refractivity contribution in [3.8, 4) is 0 Å². The van der Waals surface area contributed by atoms with Crippen molar-refractivity contribution in [2.45, 2.75) is 18.4 Å². The molecule has 0 spiro atoms. The summed E-state index contributed by atoms with van der Waals surface area (Å²) in [6, 6.07) is 0. The molecular weight excluding hydrogens is 240 g/mol. The van der Waals surface area contributed by atoms with Gasteiger partial charge in [0.1, 0.15) is 0 Å². The lowest BCUT2D eigenvalue weighted by atomic mass is 9.94. The number of H-pyrrole nitrogens is 2. The molecule has 0 atom stereocenters. The Balaban J connectivity index is 2.13. The summed E-state index contributed by atoms with van der Waals surface area (Å²) < 4.78 is 5.18. The van der Waals surface area contributed by atoms with Gasteiger partial charge in [0, 0.05) is 39.6 Å². The molecule has 0 aliphatic carbocycles. The van der Waals surface area contributed by atoms with Gasteiger partial charge in [0.05, 0.1) is 5.60 Å². The molecule has 0 saturated carbocycles. The topological polar surface area (TPSA) is 111 Å². The number of likely N-dealkylation sites (N-methyl/N-ethyl adjacent to an activating group) is 1. The molecule has 1 aliphatic rings. The third kappa shape index (κ3) is 2.77. The molecule has 1 aromatic heterocycles. The SMILES string of the molecule is CN(CC1(O)CCOCC1)c1n[nH]c(=O)[nH]c1=O. The van der Waals surface area contributed by atoms with E-state index in [1.165, 1.54) is 4.90 Å². The molecule has 1 saturated heterocycles. The van der Waals surface area contributed by atoms with Crippen LogP contribution in [0.2, 0.25) is 0 Å². The van der Waals surface area contributed by atoms with Gasteiger partial charge < -0.3 is 14.7 Å². The Labute approximate surface area is 103 Å². The zero-order chi connectivity index (χ0) is 13.2. The van der Waals surface area contributed by atoms with Crippen LogP contribution in [0, 0.1) is 0 Å². The van der Waals surface area contributed by atoms with Crippen molar-refractivity contribution < 1.29 is 9.84 Å². The van der Waals surface area contributed by atoms with Crippen LogP contribution < -0.4 is 16.1 Å². The van der Waals surface area contributed by atoms with Crippen LogP contribution in [0.15, 0.2) is 9.59 Å². The highest BCUT2D eigenvalue weighted by molar-refractivity contribution is 5.33. The Hall–Kier alpha value is -1.67. The van der Waals surface area contributed by atoms with Gasteiger partial charge in [-0.15, -0.1) is 5.10 Å². The van der Waals surface area contributed by atoms with Gasteiger partial charge in [-0.25, -0.2) is 9.89 Å². The average Bonchev–Trinajstić information content (AvgIpc) is 2.28. The Morgan fingerprint density at radius 3 is 2.72 bits per heavy atom. The normalized spacial score (nSPS) is 18.6. The van der Waals surface area contributed by atoms with Crippen LogP contribution in [-0.4, -0.2) is 52.7 Å². The molecule has 1 aliphatic heterocycles. The summed E-state index contributed by atoms with van der Waals surface area (Å²) in [5, 5.41) is 16.2. The molecule has 2 heterocycles. The first-order valence-corrected chi connectivity index (χ1v) is 5.70. The number of hydrogen-bond donors (Lipinski definition) is 3. The summed E-state index contributed by atoms with van der Waals surface area (Å²) in [6.07, 6.45) is 1.02. The maximum absolute atomic E-state index is 11.5. The van der Waals surface area contributed by atoms with E-state index < -0.39 is 16.9 Å². The van der Waals surface area contributed by atoms with Crippen LogP contribution >= 0.6 is 0 Å². The monoisotopic (exact) mass is 256 g/mol. The van der Waals surface area contributed by atoms with Gasteiger partial charge in [-0.1, -0.05) is 0 Å². The molecule has 100 valence electrons. The first kappa shape index (κ1) is 12.8. The highest BCUT2D eigenvalue weighted by atomic mass is 16.5. The minimum absolute atomic E-state index is 0.0783.